The van der Waals surface area contributed by atoms with E-state index >= 15 is 0 Å². The summed E-state index contributed by atoms with van der Waals surface area (Å²) in [5.41, 5.74) is 1.91. The topological polar surface area (TPSA) is 62.7 Å². The number of nitrogens with one attached hydrogen (secondary N) is 2. The minimum absolute atomic E-state index is 0.415. The van der Waals surface area contributed by atoms with Crippen LogP contribution in [0.25, 0.3) is 11.3 Å². The van der Waals surface area contributed by atoms with E-state index in [2.05, 4.69) is 25.6 Å². The van der Waals surface area contributed by atoms with E-state index in [0.29, 0.717) is 12.0 Å². The van der Waals surface area contributed by atoms with Crippen molar-refractivity contribution in [3.8, 4) is 11.3 Å². The molecule has 5 heteroatoms. The van der Waals surface area contributed by atoms with Crippen LogP contribution < -0.4 is 10.6 Å². The molecule has 1 aliphatic rings. The lowest BCUT2D eigenvalue weighted by atomic mass is 10.1. The van der Waals surface area contributed by atoms with E-state index in [0.717, 1.165) is 30.8 Å². The molecule has 0 aromatic carbocycles. The number of hydrogen-bond acceptors (Lipinski definition) is 5. The van der Waals surface area contributed by atoms with Crippen LogP contribution in [0.15, 0.2) is 36.8 Å². The molecule has 3 rings (SSSR count). The van der Waals surface area contributed by atoms with Gasteiger partial charge in [-0.25, -0.2) is 9.97 Å². The molecule has 0 spiro atoms. The van der Waals surface area contributed by atoms with Crippen molar-refractivity contribution in [1.29, 1.82) is 0 Å². The lowest BCUT2D eigenvalue weighted by Gasteiger charge is -2.23. The van der Waals surface area contributed by atoms with Crippen molar-refractivity contribution < 1.29 is 0 Å². The molecule has 2 N–H and O–H groups in total. The Morgan fingerprint density at radius 3 is 3.05 bits per heavy atom. The maximum absolute atomic E-state index is 4.55. The summed E-state index contributed by atoms with van der Waals surface area (Å²) in [4.78, 5) is 13.0. The predicted molar refractivity (Wildman–Crippen MR) is 74.8 cm³/mol. The van der Waals surface area contributed by atoms with Crippen LogP contribution in [0.4, 0.5) is 5.95 Å². The molecule has 98 valence electrons. The van der Waals surface area contributed by atoms with Gasteiger partial charge in [-0.05, 0) is 37.6 Å². The molecule has 1 atom stereocenters. The Morgan fingerprint density at radius 1 is 1.26 bits per heavy atom. The fourth-order valence-electron chi connectivity index (χ4n) is 2.26. The van der Waals surface area contributed by atoms with Crippen LogP contribution in [-0.4, -0.2) is 34.1 Å². The highest BCUT2D eigenvalue weighted by atomic mass is 15.1. The van der Waals surface area contributed by atoms with Crippen molar-refractivity contribution in [2.75, 3.05) is 18.4 Å². The van der Waals surface area contributed by atoms with E-state index in [-0.39, 0.29) is 0 Å². The molecule has 2 aromatic rings. The lowest BCUT2D eigenvalue weighted by Crippen LogP contribution is -2.38. The molecule has 1 unspecified atom stereocenters. The molecular formula is C14H17N5. The summed E-state index contributed by atoms with van der Waals surface area (Å²) in [6, 6.07) is 6.23. The van der Waals surface area contributed by atoms with Crippen LogP contribution in [0.5, 0.6) is 0 Å². The van der Waals surface area contributed by atoms with Crippen LogP contribution in [0, 0.1) is 0 Å². The molecule has 1 fully saturated rings. The number of nitrogens with zero attached hydrogens (tertiary/aromatic N) is 3. The molecule has 19 heavy (non-hydrogen) atoms. The number of piperidine rings is 1. The largest absolute Gasteiger partial charge is 0.350 e. The van der Waals surface area contributed by atoms with E-state index in [1.54, 1.807) is 12.4 Å². The second kappa shape index (κ2) is 5.75. The van der Waals surface area contributed by atoms with Gasteiger partial charge in [0.15, 0.2) is 0 Å². The summed E-state index contributed by atoms with van der Waals surface area (Å²) in [6.07, 6.45) is 7.72. The first-order valence-electron chi connectivity index (χ1n) is 6.62. The Balaban J connectivity index is 1.76. The zero-order valence-electron chi connectivity index (χ0n) is 10.7. The van der Waals surface area contributed by atoms with Gasteiger partial charge < -0.3 is 10.6 Å². The molecule has 5 nitrogen and oxygen atoms in total. The van der Waals surface area contributed by atoms with E-state index in [1.165, 1.54) is 6.42 Å². The summed E-state index contributed by atoms with van der Waals surface area (Å²) >= 11 is 0. The van der Waals surface area contributed by atoms with E-state index in [9.17, 15) is 0 Å². The molecule has 0 bridgehead atoms. The predicted octanol–water partition coefficient (Wildman–Crippen LogP) is 1.70. The summed E-state index contributed by atoms with van der Waals surface area (Å²) in [5.74, 6) is 0.690. The average molecular weight is 255 g/mol. The first-order chi connectivity index (χ1) is 9.42. The summed E-state index contributed by atoms with van der Waals surface area (Å²) in [6.45, 7) is 2.08. The number of anilines is 1. The zero-order valence-corrected chi connectivity index (χ0v) is 10.7. The second-order valence-electron chi connectivity index (χ2n) is 4.69. The molecule has 0 radical (unpaired) electrons. The maximum atomic E-state index is 4.55. The monoisotopic (exact) mass is 255 g/mol. The van der Waals surface area contributed by atoms with Crippen molar-refractivity contribution in [3.63, 3.8) is 0 Å². The minimum Gasteiger partial charge on any atom is -0.350 e. The highest BCUT2D eigenvalue weighted by Crippen LogP contribution is 2.16. The lowest BCUT2D eigenvalue weighted by molar-refractivity contribution is 0.478. The van der Waals surface area contributed by atoms with Crippen LogP contribution in [0.3, 0.4) is 0 Å². The molecule has 3 heterocycles. The van der Waals surface area contributed by atoms with Gasteiger partial charge in [-0.2, -0.15) is 0 Å². The highest BCUT2D eigenvalue weighted by molar-refractivity contribution is 5.58. The smallest absolute Gasteiger partial charge is 0.223 e. The van der Waals surface area contributed by atoms with Gasteiger partial charge in [-0.1, -0.05) is 0 Å². The van der Waals surface area contributed by atoms with Crippen molar-refractivity contribution >= 4 is 5.95 Å². The Hall–Kier alpha value is -2.01. The molecular weight excluding hydrogens is 238 g/mol. The molecule has 0 saturated carbocycles. The van der Waals surface area contributed by atoms with Crippen molar-refractivity contribution in [3.05, 3.63) is 36.8 Å². The molecule has 0 amide bonds. The van der Waals surface area contributed by atoms with Crippen LogP contribution in [-0.2, 0) is 0 Å². The SMILES string of the molecule is c1cncc(-c2ccnc(NC3CCCNC3)n2)c1. The Bertz CT molecular complexity index is 522. The van der Waals surface area contributed by atoms with Gasteiger partial charge in [0.05, 0.1) is 5.69 Å². The molecule has 1 aliphatic heterocycles. The Morgan fingerprint density at radius 2 is 2.26 bits per heavy atom. The number of rotatable bonds is 3. The van der Waals surface area contributed by atoms with Crippen molar-refractivity contribution in [1.82, 2.24) is 20.3 Å². The molecule has 0 aliphatic carbocycles. The van der Waals surface area contributed by atoms with Crippen LogP contribution in [0.2, 0.25) is 0 Å². The van der Waals surface area contributed by atoms with Gasteiger partial charge in [0.1, 0.15) is 0 Å². The molecule has 2 aromatic heterocycles. The van der Waals surface area contributed by atoms with E-state index in [1.807, 2.05) is 24.4 Å². The number of aromatic nitrogens is 3. The summed E-state index contributed by atoms with van der Waals surface area (Å²) in [7, 11) is 0. The van der Waals surface area contributed by atoms with Gasteiger partial charge in [0.25, 0.3) is 0 Å². The quantitative estimate of drug-likeness (QED) is 0.874. The van der Waals surface area contributed by atoms with E-state index < -0.39 is 0 Å². The maximum Gasteiger partial charge on any atom is 0.223 e. The normalized spacial score (nSPS) is 19.1. The third kappa shape index (κ3) is 3.06. The number of hydrogen-bond donors (Lipinski definition) is 2. The third-order valence-corrected chi connectivity index (χ3v) is 3.24. The minimum atomic E-state index is 0.415. The highest BCUT2D eigenvalue weighted by Gasteiger charge is 2.13. The number of pyridine rings is 1. The third-order valence-electron chi connectivity index (χ3n) is 3.24. The van der Waals surface area contributed by atoms with Crippen LogP contribution in [0.1, 0.15) is 12.8 Å². The molecule has 1 saturated heterocycles. The van der Waals surface area contributed by atoms with Crippen molar-refractivity contribution in [2.24, 2.45) is 0 Å². The summed E-state index contributed by atoms with van der Waals surface area (Å²) in [5, 5.41) is 6.76. The van der Waals surface area contributed by atoms with E-state index in [4.69, 9.17) is 0 Å². The summed E-state index contributed by atoms with van der Waals surface area (Å²) < 4.78 is 0. The van der Waals surface area contributed by atoms with Gasteiger partial charge in [-0.15, -0.1) is 0 Å². The Labute approximate surface area is 112 Å². The van der Waals surface area contributed by atoms with Gasteiger partial charge in [0, 0.05) is 36.7 Å². The fraction of sp³-hybridized carbons (Fsp3) is 0.357. The average Bonchev–Trinajstić information content (AvgIpc) is 2.49. The fourth-order valence-corrected chi connectivity index (χ4v) is 2.26. The standard InChI is InChI=1S/C14H17N5/c1-3-11(9-15-6-1)13-5-8-17-14(19-13)18-12-4-2-7-16-10-12/h1,3,5-6,8-9,12,16H,2,4,7,10H2,(H,17,18,19). The van der Waals surface area contributed by atoms with Gasteiger partial charge in [0.2, 0.25) is 5.95 Å². The van der Waals surface area contributed by atoms with Crippen LogP contribution >= 0.6 is 0 Å². The van der Waals surface area contributed by atoms with Crippen molar-refractivity contribution in [2.45, 2.75) is 18.9 Å². The van der Waals surface area contributed by atoms with Gasteiger partial charge >= 0.3 is 0 Å². The van der Waals surface area contributed by atoms with Gasteiger partial charge in [-0.3, -0.25) is 4.98 Å². The second-order valence-corrected chi connectivity index (χ2v) is 4.69. The first-order valence-corrected chi connectivity index (χ1v) is 6.62. The Kier molecular flexibility index (Phi) is 3.65. The first kappa shape index (κ1) is 12.0. The zero-order chi connectivity index (χ0) is 12.9.